The van der Waals surface area contributed by atoms with Gasteiger partial charge in [-0.3, -0.25) is 4.79 Å². The Bertz CT molecular complexity index is 604. The smallest absolute Gasteiger partial charge is 0.240 e. The number of rotatable bonds is 2. The highest BCUT2D eigenvalue weighted by Gasteiger charge is 2.31. The lowest BCUT2D eigenvalue weighted by Gasteiger charge is -2.20. The maximum absolute atomic E-state index is 11.8. The molecule has 1 aliphatic heterocycles. The van der Waals surface area contributed by atoms with Gasteiger partial charge in [0.25, 0.3) is 0 Å². The molecule has 2 heterocycles. The van der Waals surface area contributed by atoms with Crippen molar-refractivity contribution in [2.24, 2.45) is 5.10 Å². The Kier molecular flexibility index (Phi) is 3.17. The summed E-state index contributed by atoms with van der Waals surface area (Å²) in [5.74, 6) is -0.0147. The van der Waals surface area contributed by atoms with Crippen molar-refractivity contribution in [1.29, 1.82) is 0 Å². The van der Waals surface area contributed by atoms with Crippen molar-refractivity contribution in [1.82, 2.24) is 5.01 Å². The molecule has 1 aromatic carbocycles. The first-order chi connectivity index (χ1) is 9.25. The molecule has 3 rings (SSSR count). The number of hydrogen-bond donors (Lipinski definition) is 0. The van der Waals surface area contributed by atoms with Crippen LogP contribution in [0.1, 0.15) is 30.5 Å². The van der Waals surface area contributed by atoms with Crippen LogP contribution in [-0.2, 0) is 4.79 Å². The summed E-state index contributed by atoms with van der Waals surface area (Å²) in [4.78, 5) is 11.8. The van der Waals surface area contributed by atoms with Gasteiger partial charge < -0.3 is 0 Å². The molecule has 0 radical (unpaired) electrons. The van der Waals surface area contributed by atoms with Crippen molar-refractivity contribution < 1.29 is 4.79 Å². The minimum absolute atomic E-state index is 0.0147. The second-order valence-corrected chi connectivity index (χ2v) is 5.33. The second kappa shape index (κ2) is 4.97. The van der Waals surface area contributed by atoms with E-state index < -0.39 is 0 Å². The Morgan fingerprint density at radius 3 is 2.74 bits per heavy atom. The molecule has 0 bridgehead atoms. The minimum atomic E-state index is -0.0147. The van der Waals surface area contributed by atoms with Crippen LogP contribution in [0, 0.1) is 0 Å². The Morgan fingerprint density at radius 1 is 1.32 bits per heavy atom. The summed E-state index contributed by atoms with van der Waals surface area (Å²) in [6, 6.07) is 12.1. The molecule has 1 aliphatic rings. The van der Waals surface area contributed by atoms with E-state index in [9.17, 15) is 4.79 Å². The van der Waals surface area contributed by atoms with Crippen LogP contribution in [0.5, 0.6) is 0 Å². The molecule has 0 N–H and O–H groups in total. The number of hydrazone groups is 1. The lowest BCUT2D eigenvalue weighted by Crippen LogP contribution is -2.24. The molecular weight excluding hydrogens is 256 g/mol. The van der Waals surface area contributed by atoms with Gasteiger partial charge in [0.15, 0.2) is 0 Å². The zero-order chi connectivity index (χ0) is 13.2. The van der Waals surface area contributed by atoms with Gasteiger partial charge in [-0.25, -0.2) is 5.01 Å². The number of nitrogens with zero attached hydrogens (tertiary/aromatic N) is 2. The van der Waals surface area contributed by atoms with E-state index in [1.54, 1.807) is 23.3 Å². The van der Waals surface area contributed by atoms with Crippen LogP contribution in [0.4, 0.5) is 0 Å². The van der Waals surface area contributed by atoms with Gasteiger partial charge in [0.2, 0.25) is 5.91 Å². The average Bonchev–Trinajstić information content (AvgIpc) is 3.08. The van der Waals surface area contributed by atoms with Crippen molar-refractivity contribution in [3.8, 4) is 0 Å². The topological polar surface area (TPSA) is 32.7 Å². The number of carbonyl (C=O) groups is 1. The summed E-state index contributed by atoms with van der Waals surface area (Å²) >= 11 is 1.65. The van der Waals surface area contributed by atoms with Crippen molar-refractivity contribution in [3.05, 3.63) is 58.3 Å². The molecular formula is C15H14N2OS. The molecule has 1 amide bonds. The van der Waals surface area contributed by atoms with Gasteiger partial charge in [-0.2, -0.15) is 16.4 Å². The molecule has 1 atom stereocenters. The fraction of sp³-hybridized carbons (Fsp3) is 0.200. The summed E-state index contributed by atoms with van der Waals surface area (Å²) in [6.07, 6.45) is 0.778. The third-order valence-corrected chi connectivity index (χ3v) is 3.95. The van der Waals surface area contributed by atoms with Crippen LogP contribution in [0.25, 0.3) is 0 Å². The lowest BCUT2D eigenvalue weighted by atomic mass is 10.00. The highest BCUT2D eigenvalue weighted by atomic mass is 32.1. The van der Waals surface area contributed by atoms with E-state index in [0.29, 0.717) is 0 Å². The Hall–Kier alpha value is -1.94. The largest absolute Gasteiger partial charge is 0.273 e. The fourth-order valence-corrected chi connectivity index (χ4v) is 3.00. The number of thiophene rings is 1. The highest BCUT2D eigenvalue weighted by Crippen LogP contribution is 2.32. The van der Waals surface area contributed by atoms with Crippen molar-refractivity contribution in [3.63, 3.8) is 0 Å². The predicted molar refractivity (Wildman–Crippen MR) is 77.2 cm³/mol. The number of amides is 1. The summed E-state index contributed by atoms with van der Waals surface area (Å²) < 4.78 is 0. The third kappa shape index (κ3) is 2.31. The summed E-state index contributed by atoms with van der Waals surface area (Å²) in [6.45, 7) is 1.57. The van der Waals surface area contributed by atoms with Gasteiger partial charge in [-0.05, 0) is 22.4 Å². The molecule has 0 fully saturated rings. The quantitative estimate of drug-likeness (QED) is 0.822. The molecule has 0 aliphatic carbocycles. The first kappa shape index (κ1) is 12.1. The molecule has 2 aromatic rings. The van der Waals surface area contributed by atoms with Crippen LogP contribution >= 0.6 is 11.3 Å². The van der Waals surface area contributed by atoms with E-state index in [0.717, 1.165) is 23.3 Å². The molecule has 0 spiro atoms. The van der Waals surface area contributed by atoms with Crippen LogP contribution in [0.15, 0.2) is 52.3 Å². The number of hydrogen-bond acceptors (Lipinski definition) is 3. The van der Waals surface area contributed by atoms with Crippen LogP contribution in [0.2, 0.25) is 0 Å². The SMILES string of the molecule is CC(=O)N1N=C(c2ccsc2)CC1c1ccccc1. The van der Waals surface area contributed by atoms with Crippen molar-refractivity contribution in [2.45, 2.75) is 19.4 Å². The van der Waals surface area contributed by atoms with Gasteiger partial charge >= 0.3 is 0 Å². The van der Waals surface area contributed by atoms with Gasteiger partial charge in [0.05, 0.1) is 11.8 Å². The summed E-state index contributed by atoms with van der Waals surface area (Å²) in [7, 11) is 0. The van der Waals surface area contributed by atoms with Crippen molar-refractivity contribution in [2.75, 3.05) is 0 Å². The highest BCUT2D eigenvalue weighted by molar-refractivity contribution is 7.08. The third-order valence-electron chi connectivity index (χ3n) is 3.27. The van der Waals surface area contributed by atoms with E-state index in [4.69, 9.17) is 0 Å². The van der Waals surface area contributed by atoms with E-state index in [1.807, 2.05) is 35.7 Å². The number of benzene rings is 1. The molecule has 0 saturated heterocycles. The Labute approximate surface area is 116 Å². The molecule has 1 unspecified atom stereocenters. The second-order valence-electron chi connectivity index (χ2n) is 4.55. The monoisotopic (exact) mass is 270 g/mol. The molecule has 3 nitrogen and oxygen atoms in total. The zero-order valence-electron chi connectivity index (χ0n) is 10.6. The fourth-order valence-electron chi connectivity index (χ4n) is 2.34. The first-order valence-electron chi connectivity index (χ1n) is 6.20. The van der Waals surface area contributed by atoms with Gasteiger partial charge in [-0.15, -0.1) is 0 Å². The predicted octanol–water partition coefficient (Wildman–Crippen LogP) is 3.45. The Balaban J connectivity index is 1.94. The maximum atomic E-state index is 11.8. The average molecular weight is 270 g/mol. The number of carbonyl (C=O) groups excluding carboxylic acids is 1. The molecule has 1 aromatic heterocycles. The van der Waals surface area contributed by atoms with E-state index >= 15 is 0 Å². The van der Waals surface area contributed by atoms with E-state index in [-0.39, 0.29) is 11.9 Å². The molecule has 4 heteroatoms. The Morgan fingerprint density at radius 2 is 2.11 bits per heavy atom. The minimum Gasteiger partial charge on any atom is -0.273 e. The zero-order valence-corrected chi connectivity index (χ0v) is 11.4. The van der Waals surface area contributed by atoms with Gasteiger partial charge in [0.1, 0.15) is 0 Å². The summed E-state index contributed by atoms with van der Waals surface area (Å²) in [5, 5.41) is 10.2. The standard InChI is InChI=1S/C15H14N2OS/c1-11(18)17-15(12-5-3-2-4-6-12)9-14(16-17)13-7-8-19-10-13/h2-8,10,15H,9H2,1H3. The molecule has 96 valence electrons. The van der Waals surface area contributed by atoms with Crippen molar-refractivity contribution >= 4 is 23.0 Å². The van der Waals surface area contributed by atoms with Crippen LogP contribution in [-0.4, -0.2) is 16.6 Å². The lowest BCUT2D eigenvalue weighted by molar-refractivity contribution is -0.130. The molecule has 0 saturated carbocycles. The molecule has 19 heavy (non-hydrogen) atoms. The van der Waals surface area contributed by atoms with E-state index in [2.05, 4.69) is 16.5 Å². The maximum Gasteiger partial charge on any atom is 0.240 e. The normalized spacial score (nSPS) is 18.5. The van der Waals surface area contributed by atoms with Gasteiger partial charge in [0, 0.05) is 18.9 Å². The van der Waals surface area contributed by atoms with Crippen LogP contribution in [0.3, 0.4) is 0 Å². The first-order valence-corrected chi connectivity index (χ1v) is 7.15. The van der Waals surface area contributed by atoms with E-state index in [1.165, 1.54) is 0 Å². The van der Waals surface area contributed by atoms with Crippen LogP contribution < -0.4 is 0 Å². The summed E-state index contributed by atoms with van der Waals surface area (Å²) in [5.41, 5.74) is 3.24. The van der Waals surface area contributed by atoms with Gasteiger partial charge in [-0.1, -0.05) is 30.3 Å².